The number of benzene rings is 3. The summed E-state index contributed by atoms with van der Waals surface area (Å²) in [5, 5.41) is 9.69. The second kappa shape index (κ2) is 10.3. The molecule has 0 saturated heterocycles. The maximum Gasteiger partial charge on any atom is 0.241 e. The molecule has 0 N–H and O–H groups in total. The number of hydrogen-bond donors (Lipinski definition) is 0. The van der Waals surface area contributed by atoms with Gasteiger partial charge in [-0.05, 0) is 61.9 Å². The largest absolute Gasteiger partial charge is 0.456 e. The molecule has 3 aromatic carbocycles. The number of imidazole rings is 1. The van der Waals surface area contributed by atoms with Gasteiger partial charge in [-0.3, -0.25) is 9.69 Å². The van der Waals surface area contributed by atoms with Crippen LogP contribution in [0.1, 0.15) is 33.5 Å². The highest BCUT2D eigenvalue weighted by Crippen LogP contribution is 2.31. The molecule has 1 amide bonds. The predicted molar refractivity (Wildman–Crippen MR) is 142 cm³/mol. The topological polar surface area (TPSA) is 74.4 Å². The van der Waals surface area contributed by atoms with Gasteiger partial charge in [0.15, 0.2) is 0 Å². The van der Waals surface area contributed by atoms with E-state index in [1.54, 1.807) is 17.3 Å². The van der Waals surface area contributed by atoms with Crippen molar-refractivity contribution in [3.8, 4) is 17.6 Å². The van der Waals surface area contributed by atoms with Gasteiger partial charge < -0.3 is 14.2 Å². The highest BCUT2D eigenvalue weighted by Gasteiger charge is 2.21. The van der Waals surface area contributed by atoms with Crippen molar-refractivity contribution < 1.29 is 9.53 Å². The number of aromatic nitrogens is 2. The molecule has 186 valence electrons. The number of fused-ring (bicyclic) bond motifs is 5. The quantitative estimate of drug-likeness (QED) is 0.386. The lowest BCUT2D eigenvalue weighted by atomic mass is 10.0. The lowest BCUT2D eigenvalue weighted by Gasteiger charge is -2.27. The van der Waals surface area contributed by atoms with Crippen LogP contribution in [0, 0.1) is 25.2 Å². The Balaban J connectivity index is 1.59. The summed E-state index contributed by atoms with van der Waals surface area (Å²) in [5.41, 5.74) is 6.60. The van der Waals surface area contributed by atoms with E-state index in [2.05, 4.69) is 47.7 Å². The summed E-state index contributed by atoms with van der Waals surface area (Å²) < 4.78 is 8.28. The Labute approximate surface area is 217 Å². The summed E-state index contributed by atoms with van der Waals surface area (Å²) in [4.78, 5) is 21.9. The molecule has 0 unspecified atom stereocenters. The van der Waals surface area contributed by atoms with Crippen LogP contribution in [0.15, 0.2) is 73.2 Å². The molecule has 4 bridgehead atoms. The van der Waals surface area contributed by atoms with Crippen molar-refractivity contribution in [2.24, 2.45) is 0 Å². The summed E-state index contributed by atoms with van der Waals surface area (Å²) in [6, 6.07) is 21.6. The van der Waals surface area contributed by atoms with E-state index >= 15 is 0 Å². The number of nitriles is 1. The van der Waals surface area contributed by atoms with Gasteiger partial charge in [-0.1, -0.05) is 35.9 Å². The van der Waals surface area contributed by atoms with E-state index in [4.69, 9.17) is 4.74 Å². The molecule has 0 saturated carbocycles. The first kappa shape index (κ1) is 24.3. The number of anilines is 1. The fourth-order valence-electron chi connectivity index (χ4n) is 4.67. The summed E-state index contributed by atoms with van der Waals surface area (Å²) in [7, 11) is 1.95. The fourth-order valence-corrected chi connectivity index (χ4v) is 4.67. The van der Waals surface area contributed by atoms with Gasteiger partial charge in [-0.25, -0.2) is 4.98 Å². The second-order valence-corrected chi connectivity index (χ2v) is 9.64. The van der Waals surface area contributed by atoms with Crippen LogP contribution >= 0.6 is 0 Å². The monoisotopic (exact) mass is 491 g/mol. The molecule has 0 aliphatic carbocycles. The summed E-state index contributed by atoms with van der Waals surface area (Å²) in [6.45, 7) is 5.98. The highest BCUT2D eigenvalue weighted by molar-refractivity contribution is 5.95. The number of ether oxygens (including phenoxy) is 1. The van der Waals surface area contributed by atoms with Crippen LogP contribution in [-0.2, 0) is 24.4 Å². The number of hydrogen-bond acceptors (Lipinski definition) is 5. The van der Waals surface area contributed by atoms with E-state index in [-0.39, 0.29) is 12.5 Å². The minimum Gasteiger partial charge on any atom is -0.456 e. The van der Waals surface area contributed by atoms with Crippen LogP contribution in [0.3, 0.4) is 0 Å². The number of aryl methyl sites for hydroxylation is 2. The molecule has 7 nitrogen and oxygen atoms in total. The SMILES string of the molecule is Cc1ccc(CN2C(=O)CN(C)Cc3cncn3Cc3ccc(C#N)c(c3)Oc3cccc2c3)c(C)c1. The van der Waals surface area contributed by atoms with Crippen molar-refractivity contribution in [3.63, 3.8) is 0 Å². The van der Waals surface area contributed by atoms with Gasteiger partial charge in [-0.15, -0.1) is 0 Å². The van der Waals surface area contributed by atoms with Gasteiger partial charge in [0.1, 0.15) is 17.6 Å². The maximum atomic E-state index is 13.7. The molecular weight excluding hydrogens is 462 g/mol. The maximum absolute atomic E-state index is 13.7. The van der Waals surface area contributed by atoms with Crippen LogP contribution in [-0.4, -0.2) is 34.0 Å². The highest BCUT2D eigenvalue weighted by atomic mass is 16.5. The van der Waals surface area contributed by atoms with Crippen molar-refractivity contribution in [2.45, 2.75) is 33.5 Å². The first-order chi connectivity index (χ1) is 17.9. The third-order valence-electron chi connectivity index (χ3n) is 6.64. The molecule has 1 aliphatic heterocycles. The Morgan fingerprint density at radius 2 is 1.89 bits per heavy atom. The van der Waals surface area contributed by atoms with E-state index in [1.807, 2.05) is 54.5 Å². The zero-order valence-corrected chi connectivity index (χ0v) is 21.3. The van der Waals surface area contributed by atoms with E-state index in [0.717, 1.165) is 28.1 Å². The first-order valence-corrected chi connectivity index (χ1v) is 12.2. The zero-order valence-electron chi connectivity index (χ0n) is 21.3. The molecule has 5 rings (SSSR count). The molecule has 0 atom stereocenters. The number of amides is 1. The average Bonchev–Trinajstić information content (AvgIpc) is 3.29. The van der Waals surface area contributed by atoms with Crippen molar-refractivity contribution in [1.82, 2.24) is 14.5 Å². The lowest BCUT2D eigenvalue weighted by molar-refractivity contribution is -0.119. The first-order valence-electron chi connectivity index (χ1n) is 12.2. The molecule has 37 heavy (non-hydrogen) atoms. The molecular formula is C30H29N5O2. The Hall–Kier alpha value is -4.41. The van der Waals surface area contributed by atoms with E-state index in [1.165, 1.54) is 5.56 Å². The molecule has 0 spiro atoms. The number of carbonyl (C=O) groups is 1. The van der Waals surface area contributed by atoms with Gasteiger partial charge in [0.05, 0.1) is 30.7 Å². The number of likely N-dealkylation sites (N-methyl/N-ethyl adjacent to an activating group) is 1. The smallest absolute Gasteiger partial charge is 0.241 e. The lowest BCUT2D eigenvalue weighted by Crippen LogP contribution is -2.39. The number of nitrogens with zero attached hydrogens (tertiary/aromatic N) is 5. The molecule has 7 heteroatoms. The average molecular weight is 492 g/mol. The summed E-state index contributed by atoms with van der Waals surface area (Å²) >= 11 is 0. The van der Waals surface area contributed by atoms with E-state index < -0.39 is 0 Å². The standard InChI is InChI=1S/C30H29N5O2/c1-21-7-9-25(22(2)11-21)17-35-26-5-4-6-28(13-26)37-29-12-23(8-10-24(29)14-31)16-34-20-32-15-27(34)18-33(3)19-30(35)36/h4-13,15,20H,16-19H2,1-3H3. The van der Waals surface area contributed by atoms with E-state index in [0.29, 0.717) is 36.7 Å². The van der Waals surface area contributed by atoms with Crippen LogP contribution in [0.5, 0.6) is 11.5 Å². The normalized spacial score (nSPS) is 14.2. The van der Waals surface area contributed by atoms with Gasteiger partial charge in [0.25, 0.3) is 0 Å². The Bertz CT molecular complexity index is 1500. The predicted octanol–water partition coefficient (Wildman–Crippen LogP) is 5.19. The van der Waals surface area contributed by atoms with Crippen molar-refractivity contribution in [2.75, 3.05) is 18.5 Å². The Kier molecular flexibility index (Phi) is 6.76. The number of rotatable bonds is 2. The third kappa shape index (κ3) is 5.40. The van der Waals surface area contributed by atoms with Crippen LogP contribution in [0.4, 0.5) is 5.69 Å². The number of carbonyl (C=O) groups excluding carboxylic acids is 1. The van der Waals surface area contributed by atoms with Gasteiger partial charge >= 0.3 is 0 Å². The molecule has 0 fully saturated rings. The third-order valence-corrected chi connectivity index (χ3v) is 6.64. The second-order valence-electron chi connectivity index (χ2n) is 9.64. The molecule has 1 aromatic heterocycles. The van der Waals surface area contributed by atoms with Gasteiger partial charge in [0, 0.05) is 31.0 Å². The Morgan fingerprint density at radius 1 is 1.03 bits per heavy atom. The van der Waals surface area contributed by atoms with Crippen LogP contribution in [0.2, 0.25) is 0 Å². The van der Waals surface area contributed by atoms with Crippen molar-refractivity contribution in [3.05, 3.63) is 107 Å². The molecule has 4 aromatic rings. The van der Waals surface area contributed by atoms with Crippen molar-refractivity contribution >= 4 is 11.6 Å². The van der Waals surface area contributed by atoms with Gasteiger partial charge in [-0.2, -0.15) is 5.26 Å². The zero-order chi connectivity index (χ0) is 25.9. The molecule has 2 heterocycles. The minimum absolute atomic E-state index is 0.0150. The summed E-state index contributed by atoms with van der Waals surface area (Å²) in [5.74, 6) is 1.04. The van der Waals surface area contributed by atoms with E-state index in [9.17, 15) is 10.1 Å². The van der Waals surface area contributed by atoms with Crippen LogP contribution < -0.4 is 9.64 Å². The fraction of sp³-hybridized carbons (Fsp3) is 0.233. The van der Waals surface area contributed by atoms with Crippen molar-refractivity contribution in [1.29, 1.82) is 5.26 Å². The molecule has 0 radical (unpaired) electrons. The minimum atomic E-state index is -0.0150. The summed E-state index contributed by atoms with van der Waals surface area (Å²) in [6.07, 6.45) is 3.62. The van der Waals surface area contributed by atoms with Crippen LogP contribution in [0.25, 0.3) is 0 Å². The Morgan fingerprint density at radius 3 is 2.70 bits per heavy atom. The van der Waals surface area contributed by atoms with Gasteiger partial charge in [0.2, 0.25) is 5.91 Å². The molecule has 1 aliphatic rings.